The average molecular weight is 192 g/mol. The Morgan fingerprint density at radius 2 is 2.00 bits per heavy atom. The van der Waals surface area contributed by atoms with Crippen LogP contribution in [0.2, 0.25) is 0 Å². The molecular formula is C12H20N2. The van der Waals surface area contributed by atoms with Crippen LogP contribution >= 0.6 is 0 Å². The van der Waals surface area contributed by atoms with E-state index in [-0.39, 0.29) is 0 Å². The second kappa shape index (κ2) is 5.78. The Kier molecular flexibility index (Phi) is 4.63. The monoisotopic (exact) mass is 192 g/mol. The van der Waals surface area contributed by atoms with Crippen LogP contribution in [0.1, 0.15) is 31.0 Å². The summed E-state index contributed by atoms with van der Waals surface area (Å²) in [6.45, 7) is 5.90. The van der Waals surface area contributed by atoms with Crippen molar-refractivity contribution in [2.24, 2.45) is 5.73 Å². The van der Waals surface area contributed by atoms with Gasteiger partial charge in [0.2, 0.25) is 0 Å². The van der Waals surface area contributed by atoms with E-state index in [1.165, 1.54) is 11.1 Å². The van der Waals surface area contributed by atoms with Crippen molar-refractivity contribution in [2.45, 2.75) is 26.3 Å². The molecule has 2 nitrogen and oxygen atoms in total. The van der Waals surface area contributed by atoms with E-state index in [1.807, 2.05) is 0 Å². The van der Waals surface area contributed by atoms with Gasteiger partial charge in [-0.25, -0.2) is 0 Å². The van der Waals surface area contributed by atoms with E-state index >= 15 is 0 Å². The van der Waals surface area contributed by atoms with E-state index in [9.17, 15) is 0 Å². The van der Waals surface area contributed by atoms with Gasteiger partial charge in [0.15, 0.2) is 0 Å². The summed E-state index contributed by atoms with van der Waals surface area (Å²) >= 11 is 0. The highest BCUT2D eigenvalue weighted by molar-refractivity contribution is 5.30. The second-order valence-electron chi connectivity index (χ2n) is 3.40. The number of nitrogens with two attached hydrogens (primary N) is 1. The molecule has 0 heterocycles. The van der Waals surface area contributed by atoms with Gasteiger partial charge in [-0.05, 0) is 24.1 Å². The molecule has 0 saturated heterocycles. The summed E-state index contributed by atoms with van der Waals surface area (Å²) in [5.74, 6) is 0. The smallest absolute Gasteiger partial charge is 0.0447 e. The quantitative estimate of drug-likeness (QED) is 0.747. The Hall–Kier alpha value is -0.860. The molecule has 1 aromatic rings. The molecule has 1 unspecified atom stereocenters. The summed E-state index contributed by atoms with van der Waals surface area (Å²) in [5.41, 5.74) is 8.49. The van der Waals surface area contributed by atoms with E-state index in [0.29, 0.717) is 12.6 Å². The number of likely N-dealkylation sites (N-methyl/N-ethyl adjacent to an activating group) is 1. The van der Waals surface area contributed by atoms with Crippen LogP contribution in [-0.4, -0.2) is 13.1 Å². The van der Waals surface area contributed by atoms with Gasteiger partial charge in [0.05, 0.1) is 0 Å². The molecule has 0 aliphatic heterocycles. The Morgan fingerprint density at radius 1 is 1.29 bits per heavy atom. The first-order chi connectivity index (χ1) is 6.83. The van der Waals surface area contributed by atoms with E-state index in [1.54, 1.807) is 0 Å². The van der Waals surface area contributed by atoms with Crippen molar-refractivity contribution < 1.29 is 0 Å². The van der Waals surface area contributed by atoms with Gasteiger partial charge in [-0.2, -0.15) is 0 Å². The molecule has 3 N–H and O–H groups in total. The zero-order chi connectivity index (χ0) is 10.4. The zero-order valence-electron chi connectivity index (χ0n) is 9.09. The summed E-state index contributed by atoms with van der Waals surface area (Å²) in [7, 11) is 0. The van der Waals surface area contributed by atoms with Crippen molar-refractivity contribution in [3.05, 3.63) is 35.4 Å². The maximum absolute atomic E-state index is 5.75. The second-order valence-corrected chi connectivity index (χ2v) is 3.40. The standard InChI is InChI=1S/C12H20N2/c1-3-10-7-5-6-8-11(10)12(9-13)14-4-2/h5-8,12,14H,3-4,9,13H2,1-2H3. The molecule has 0 fully saturated rings. The Morgan fingerprint density at radius 3 is 2.57 bits per heavy atom. The van der Waals surface area contributed by atoms with Crippen molar-refractivity contribution in [3.8, 4) is 0 Å². The third kappa shape index (κ3) is 2.56. The third-order valence-electron chi connectivity index (χ3n) is 2.50. The molecule has 0 aliphatic rings. The molecule has 1 atom stereocenters. The van der Waals surface area contributed by atoms with Crippen LogP contribution in [0.3, 0.4) is 0 Å². The van der Waals surface area contributed by atoms with Crippen LogP contribution in [0, 0.1) is 0 Å². The molecule has 0 amide bonds. The highest BCUT2D eigenvalue weighted by Crippen LogP contribution is 2.17. The lowest BCUT2D eigenvalue weighted by atomic mass is 9.98. The average Bonchev–Trinajstić information content (AvgIpc) is 2.26. The first-order valence-electron chi connectivity index (χ1n) is 5.34. The fourth-order valence-corrected chi connectivity index (χ4v) is 1.76. The van der Waals surface area contributed by atoms with Crippen molar-refractivity contribution in [3.63, 3.8) is 0 Å². The summed E-state index contributed by atoms with van der Waals surface area (Å²) in [6, 6.07) is 8.81. The van der Waals surface area contributed by atoms with Gasteiger partial charge in [-0.1, -0.05) is 38.1 Å². The van der Waals surface area contributed by atoms with Crippen LogP contribution in [0.15, 0.2) is 24.3 Å². The number of nitrogens with one attached hydrogen (secondary N) is 1. The number of hydrogen-bond donors (Lipinski definition) is 2. The topological polar surface area (TPSA) is 38.0 Å². The maximum atomic E-state index is 5.75. The Balaban J connectivity index is 2.90. The van der Waals surface area contributed by atoms with Crippen LogP contribution in [-0.2, 0) is 6.42 Å². The lowest BCUT2D eigenvalue weighted by Gasteiger charge is -2.19. The van der Waals surface area contributed by atoms with Crippen LogP contribution in [0.25, 0.3) is 0 Å². The summed E-state index contributed by atoms with van der Waals surface area (Å²) in [6.07, 6.45) is 1.07. The summed E-state index contributed by atoms with van der Waals surface area (Å²) in [4.78, 5) is 0. The molecule has 0 aromatic heterocycles. The zero-order valence-corrected chi connectivity index (χ0v) is 9.09. The van der Waals surface area contributed by atoms with Crippen LogP contribution < -0.4 is 11.1 Å². The lowest BCUT2D eigenvalue weighted by molar-refractivity contribution is 0.558. The van der Waals surface area contributed by atoms with E-state index in [0.717, 1.165) is 13.0 Å². The highest BCUT2D eigenvalue weighted by atomic mass is 14.9. The summed E-state index contributed by atoms with van der Waals surface area (Å²) in [5, 5.41) is 3.40. The molecular weight excluding hydrogens is 172 g/mol. The molecule has 78 valence electrons. The SMILES string of the molecule is CCNC(CN)c1ccccc1CC. The molecule has 0 saturated carbocycles. The van der Waals surface area contributed by atoms with E-state index in [2.05, 4.69) is 43.4 Å². The van der Waals surface area contributed by atoms with Crippen LogP contribution in [0.4, 0.5) is 0 Å². The molecule has 2 heteroatoms. The predicted molar refractivity (Wildman–Crippen MR) is 61.3 cm³/mol. The van der Waals surface area contributed by atoms with Crippen molar-refractivity contribution in [1.82, 2.24) is 5.32 Å². The van der Waals surface area contributed by atoms with Gasteiger partial charge in [0, 0.05) is 12.6 Å². The molecule has 0 spiro atoms. The minimum absolute atomic E-state index is 0.302. The molecule has 0 bridgehead atoms. The van der Waals surface area contributed by atoms with Crippen LogP contribution in [0.5, 0.6) is 0 Å². The molecule has 14 heavy (non-hydrogen) atoms. The lowest BCUT2D eigenvalue weighted by Crippen LogP contribution is -2.28. The molecule has 0 aliphatic carbocycles. The van der Waals surface area contributed by atoms with Gasteiger partial charge in [0.1, 0.15) is 0 Å². The highest BCUT2D eigenvalue weighted by Gasteiger charge is 2.10. The minimum Gasteiger partial charge on any atom is -0.329 e. The minimum atomic E-state index is 0.302. The van der Waals surface area contributed by atoms with Crippen molar-refractivity contribution in [1.29, 1.82) is 0 Å². The summed E-state index contributed by atoms with van der Waals surface area (Å²) < 4.78 is 0. The third-order valence-corrected chi connectivity index (χ3v) is 2.50. The van der Waals surface area contributed by atoms with E-state index < -0.39 is 0 Å². The van der Waals surface area contributed by atoms with Crippen molar-refractivity contribution >= 4 is 0 Å². The normalized spacial score (nSPS) is 12.8. The number of hydrogen-bond acceptors (Lipinski definition) is 2. The van der Waals surface area contributed by atoms with Gasteiger partial charge < -0.3 is 11.1 Å². The maximum Gasteiger partial charge on any atom is 0.0447 e. The molecule has 1 aromatic carbocycles. The van der Waals surface area contributed by atoms with Gasteiger partial charge in [0.25, 0.3) is 0 Å². The van der Waals surface area contributed by atoms with E-state index in [4.69, 9.17) is 5.73 Å². The fourth-order valence-electron chi connectivity index (χ4n) is 1.76. The number of rotatable bonds is 5. The first kappa shape index (κ1) is 11.2. The first-order valence-corrected chi connectivity index (χ1v) is 5.34. The molecule has 1 rings (SSSR count). The largest absolute Gasteiger partial charge is 0.329 e. The number of benzene rings is 1. The predicted octanol–water partition coefficient (Wildman–Crippen LogP) is 1.86. The van der Waals surface area contributed by atoms with Gasteiger partial charge in [-0.15, -0.1) is 0 Å². The van der Waals surface area contributed by atoms with Gasteiger partial charge >= 0.3 is 0 Å². The van der Waals surface area contributed by atoms with Crippen molar-refractivity contribution in [2.75, 3.05) is 13.1 Å². The fraction of sp³-hybridized carbons (Fsp3) is 0.500. The number of aryl methyl sites for hydroxylation is 1. The Labute approximate surface area is 86.5 Å². The molecule has 0 radical (unpaired) electrons. The van der Waals surface area contributed by atoms with Gasteiger partial charge in [-0.3, -0.25) is 0 Å². The Bertz CT molecular complexity index is 271.